The maximum absolute atomic E-state index is 12.6. The molecule has 0 aliphatic carbocycles. The number of nitrogens with one attached hydrogen (secondary N) is 1. The molecule has 1 fully saturated rings. The fourth-order valence-electron chi connectivity index (χ4n) is 3.62. The third kappa shape index (κ3) is 6.14. The van der Waals surface area contributed by atoms with Gasteiger partial charge in [-0.25, -0.2) is 4.79 Å². The van der Waals surface area contributed by atoms with E-state index in [9.17, 15) is 9.59 Å². The number of imide groups is 1. The van der Waals surface area contributed by atoms with Crippen LogP contribution in [0.3, 0.4) is 0 Å². The van der Waals surface area contributed by atoms with Gasteiger partial charge in [-0.05, 0) is 30.9 Å². The molecule has 1 atom stereocenters. The molecule has 28 heavy (non-hydrogen) atoms. The minimum atomic E-state index is -0.268. The number of carbonyl (C=O) groups excluding carboxylic acids is 2. The summed E-state index contributed by atoms with van der Waals surface area (Å²) in [5, 5.41) is 2.64. The Morgan fingerprint density at radius 3 is 2.36 bits per heavy atom. The first-order valence-electron chi connectivity index (χ1n) is 10.4. The molecular weight excluding hydrogens is 354 g/mol. The summed E-state index contributed by atoms with van der Waals surface area (Å²) in [7, 11) is 1.67. The molecule has 1 heterocycles. The molecule has 2 rings (SSSR count). The van der Waals surface area contributed by atoms with Gasteiger partial charge in [0.1, 0.15) is 5.75 Å². The Balaban J connectivity index is 1.87. The second kappa shape index (κ2) is 10.9. The molecule has 0 saturated carbocycles. The molecule has 1 aliphatic rings. The summed E-state index contributed by atoms with van der Waals surface area (Å²) in [6, 6.07) is 7.64. The number of anilines is 1. The number of benzene rings is 1. The zero-order valence-corrected chi connectivity index (χ0v) is 17.7. The molecule has 0 radical (unpaired) electrons. The third-order valence-electron chi connectivity index (χ3n) is 5.32. The third-order valence-corrected chi connectivity index (χ3v) is 5.32. The highest BCUT2D eigenvalue weighted by Gasteiger charge is 2.26. The molecule has 156 valence electrons. The van der Waals surface area contributed by atoms with Crippen LogP contribution in [-0.2, 0) is 4.79 Å². The highest BCUT2D eigenvalue weighted by atomic mass is 16.5. The number of rotatable bonds is 8. The van der Waals surface area contributed by atoms with Crippen LogP contribution in [0.2, 0.25) is 0 Å². The lowest BCUT2D eigenvalue weighted by molar-refractivity contribution is -0.124. The van der Waals surface area contributed by atoms with Gasteiger partial charge < -0.3 is 14.5 Å². The summed E-state index contributed by atoms with van der Waals surface area (Å²) >= 11 is 0. The van der Waals surface area contributed by atoms with E-state index in [1.165, 1.54) is 0 Å². The van der Waals surface area contributed by atoms with Crippen molar-refractivity contribution in [3.05, 3.63) is 24.3 Å². The van der Waals surface area contributed by atoms with Gasteiger partial charge in [0.2, 0.25) is 5.91 Å². The number of hydrogen-bond acceptors (Lipinski definition) is 4. The van der Waals surface area contributed by atoms with E-state index >= 15 is 0 Å². The van der Waals surface area contributed by atoms with Gasteiger partial charge in [-0.1, -0.05) is 45.7 Å². The van der Waals surface area contributed by atoms with Crippen LogP contribution < -0.4 is 15.0 Å². The van der Waals surface area contributed by atoms with Crippen molar-refractivity contribution in [3.8, 4) is 5.75 Å². The maximum Gasteiger partial charge on any atom is 0.324 e. The van der Waals surface area contributed by atoms with Crippen molar-refractivity contribution in [2.75, 3.05) is 38.2 Å². The van der Waals surface area contributed by atoms with Crippen LogP contribution in [0.1, 0.15) is 46.5 Å². The Bertz CT molecular complexity index is 640. The van der Waals surface area contributed by atoms with Crippen LogP contribution in [-0.4, -0.2) is 50.1 Å². The van der Waals surface area contributed by atoms with Crippen LogP contribution in [0.4, 0.5) is 10.5 Å². The molecule has 1 N–H and O–H groups in total. The topological polar surface area (TPSA) is 61.9 Å². The quantitative estimate of drug-likeness (QED) is 0.732. The van der Waals surface area contributed by atoms with Crippen molar-refractivity contribution in [2.24, 2.45) is 11.8 Å². The first kappa shape index (κ1) is 22.1. The van der Waals surface area contributed by atoms with Gasteiger partial charge in [-0.2, -0.15) is 0 Å². The lowest BCUT2D eigenvalue weighted by atomic mass is 9.93. The van der Waals surface area contributed by atoms with Gasteiger partial charge >= 0.3 is 6.03 Å². The van der Waals surface area contributed by atoms with Crippen molar-refractivity contribution in [1.82, 2.24) is 10.2 Å². The number of carbonyl (C=O) groups is 2. The summed E-state index contributed by atoms with van der Waals surface area (Å²) < 4.78 is 5.44. The summed E-state index contributed by atoms with van der Waals surface area (Å²) in [4.78, 5) is 29.1. The van der Waals surface area contributed by atoms with E-state index in [2.05, 4.69) is 31.0 Å². The normalized spacial score (nSPS) is 15.5. The van der Waals surface area contributed by atoms with E-state index in [0.717, 1.165) is 37.1 Å². The molecular formula is C22H35N3O3. The van der Waals surface area contributed by atoms with E-state index in [4.69, 9.17) is 4.74 Å². The maximum atomic E-state index is 12.6. The minimum absolute atomic E-state index is 0.0776. The summed E-state index contributed by atoms with van der Waals surface area (Å²) in [5.74, 6) is 1.19. The average molecular weight is 390 g/mol. The van der Waals surface area contributed by atoms with Gasteiger partial charge in [0, 0.05) is 32.1 Å². The van der Waals surface area contributed by atoms with Gasteiger partial charge in [-0.3, -0.25) is 10.1 Å². The van der Waals surface area contributed by atoms with E-state index in [1.807, 2.05) is 24.3 Å². The Hall–Kier alpha value is -2.24. The molecule has 6 nitrogen and oxygen atoms in total. The Labute approximate surface area is 169 Å². The Kier molecular flexibility index (Phi) is 8.61. The van der Waals surface area contributed by atoms with Gasteiger partial charge in [0.25, 0.3) is 0 Å². The fourth-order valence-corrected chi connectivity index (χ4v) is 3.62. The van der Waals surface area contributed by atoms with Crippen LogP contribution in [0.15, 0.2) is 24.3 Å². The number of hydrogen-bond donors (Lipinski definition) is 1. The number of amides is 3. The zero-order chi connectivity index (χ0) is 20.5. The van der Waals surface area contributed by atoms with Crippen LogP contribution in [0, 0.1) is 11.8 Å². The van der Waals surface area contributed by atoms with Crippen LogP contribution in [0.25, 0.3) is 0 Å². The molecule has 1 aromatic carbocycles. The van der Waals surface area contributed by atoms with Crippen molar-refractivity contribution in [1.29, 1.82) is 0 Å². The molecule has 0 aromatic heterocycles. The smallest absolute Gasteiger partial charge is 0.324 e. The number of nitrogens with zero attached hydrogens (tertiary/aromatic N) is 2. The number of para-hydroxylation sites is 2. The largest absolute Gasteiger partial charge is 0.495 e. The molecule has 0 bridgehead atoms. The summed E-state index contributed by atoms with van der Waals surface area (Å²) in [5.41, 5.74) is 1.04. The van der Waals surface area contributed by atoms with Gasteiger partial charge in [0.15, 0.2) is 0 Å². The monoisotopic (exact) mass is 389 g/mol. The summed E-state index contributed by atoms with van der Waals surface area (Å²) in [6.45, 7) is 9.00. The lowest BCUT2D eigenvalue weighted by Crippen LogP contribution is -2.53. The van der Waals surface area contributed by atoms with Gasteiger partial charge in [-0.15, -0.1) is 0 Å². The van der Waals surface area contributed by atoms with Crippen LogP contribution >= 0.6 is 0 Å². The van der Waals surface area contributed by atoms with E-state index in [1.54, 1.807) is 12.0 Å². The first-order chi connectivity index (χ1) is 13.5. The van der Waals surface area contributed by atoms with Crippen molar-refractivity contribution in [2.45, 2.75) is 46.5 Å². The standard InChI is InChI=1S/C22H35N3O3/c1-5-8-18(12-11-17(2)3)21(26)23-22(27)25-15-13-24(14-16-25)19-9-6-7-10-20(19)28-4/h6-7,9-10,17-18H,5,8,11-16H2,1-4H3,(H,23,26,27)/t18-/m0/s1. The SMILES string of the molecule is CCC[C@@H](CCC(C)C)C(=O)NC(=O)N1CCN(c2ccccc2OC)CC1. The van der Waals surface area contributed by atoms with Crippen molar-refractivity contribution in [3.63, 3.8) is 0 Å². The second-order valence-electron chi connectivity index (χ2n) is 7.90. The molecule has 6 heteroatoms. The first-order valence-corrected chi connectivity index (χ1v) is 10.4. The number of piperazine rings is 1. The number of urea groups is 1. The van der Waals surface area contributed by atoms with E-state index in [-0.39, 0.29) is 17.9 Å². The molecule has 1 aromatic rings. The average Bonchev–Trinajstić information content (AvgIpc) is 2.70. The molecule has 0 spiro atoms. The van der Waals surface area contributed by atoms with Crippen molar-refractivity contribution < 1.29 is 14.3 Å². The Morgan fingerprint density at radius 1 is 1.07 bits per heavy atom. The van der Waals surface area contributed by atoms with Crippen molar-refractivity contribution >= 4 is 17.6 Å². The Morgan fingerprint density at radius 2 is 1.75 bits per heavy atom. The number of methoxy groups -OCH3 is 1. The second-order valence-corrected chi connectivity index (χ2v) is 7.90. The highest BCUT2D eigenvalue weighted by molar-refractivity contribution is 5.95. The van der Waals surface area contributed by atoms with E-state index < -0.39 is 0 Å². The zero-order valence-electron chi connectivity index (χ0n) is 17.7. The minimum Gasteiger partial charge on any atom is -0.495 e. The predicted octanol–water partition coefficient (Wildman–Crippen LogP) is 3.91. The lowest BCUT2D eigenvalue weighted by Gasteiger charge is -2.36. The molecule has 0 unspecified atom stereocenters. The summed E-state index contributed by atoms with van der Waals surface area (Å²) in [6.07, 6.45) is 3.62. The molecule has 3 amide bonds. The molecule has 1 saturated heterocycles. The predicted molar refractivity (Wildman–Crippen MR) is 113 cm³/mol. The fraction of sp³-hybridized carbons (Fsp3) is 0.636. The van der Waals surface area contributed by atoms with E-state index in [0.29, 0.717) is 32.1 Å². The molecule has 1 aliphatic heterocycles. The number of ether oxygens (including phenoxy) is 1. The van der Waals surface area contributed by atoms with Crippen LogP contribution in [0.5, 0.6) is 5.75 Å². The van der Waals surface area contributed by atoms with Gasteiger partial charge in [0.05, 0.1) is 12.8 Å². The highest BCUT2D eigenvalue weighted by Crippen LogP contribution is 2.28.